The number of aromatic nitrogens is 1. The van der Waals surface area contributed by atoms with Crippen LogP contribution in [-0.4, -0.2) is 35.0 Å². The fourth-order valence-corrected chi connectivity index (χ4v) is 2.72. The molecule has 0 saturated carbocycles. The van der Waals surface area contributed by atoms with Gasteiger partial charge in [0.05, 0.1) is 23.9 Å². The normalized spacial score (nSPS) is 11.0. The Hall–Kier alpha value is -2.90. The Bertz CT molecular complexity index is 987. The molecule has 28 heavy (non-hydrogen) atoms. The van der Waals surface area contributed by atoms with Crippen LogP contribution in [0.2, 0.25) is 5.02 Å². The van der Waals surface area contributed by atoms with Crippen molar-refractivity contribution >= 4 is 17.5 Å². The number of phenolic OH excluding ortho intramolecular Hbond substituents is 1. The molecule has 0 atom stereocenters. The van der Waals surface area contributed by atoms with Gasteiger partial charge in [-0.1, -0.05) is 23.7 Å². The molecule has 0 aliphatic heterocycles. The lowest BCUT2D eigenvalue weighted by Gasteiger charge is -2.09. The van der Waals surface area contributed by atoms with Gasteiger partial charge in [0.15, 0.2) is 5.76 Å². The predicted molar refractivity (Wildman–Crippen MR) is 104 cm³/mol. The van der Waals surface area contributed by atoms with Crippen LogP contribution in [-0.2, 0) is 13.1 Å². The molecule has 0 radical (unpaired) electrons. The van der Waals surface area contributed by atoms with E-state index >= 15 is 0 Å². The van der Waals surface area contributed by atoms with Gasteiger partial charge < -0.3 is 19.7 Å². The third kappa shape index (κ3) is 4.68. The second-order valence-electron chi connectivity index (χ2n) is 6.51. The summed E-state index contributed by atoms with van der Waals surface area (Å²) in [4.78, 5) is 18.3. The summed E-state index contributed by atoms with van der Waals surface area (Å²) in [5.41, 5.74) is 0.682. The van der Waals surface area contributed by atoms with Crippen molar-refractivity contribution in [2.24, 2.45) is 0 Å². The molecule has 0 aliphatic rings. The fourth-order valence-electron chi connectivity index (χ4n) is 2.59. The first-order valence-electron chi connectivity index (χ1n) is 8.48. The molecule has 0 unspecified atom stereocenters. The first-order chi connectivity index (χ1) is 13.3. The van der Waals surface area contributed by atoms with Crippen LogP contribution in [0.1, 0.15) is 21.8 Å². The van der Waals surface area contributed by atoms with E-state index in [1.54, 1.807) is 24.3 Å². The van der Waals surface area contributed by atoms with E-state index in [0.29, 0.717) is 17.5 Å². The summed E-state index contributed by atoms with van der Waals surface area (Å²) in [6.07, 6.45) is 1.41. The highest BCUT2D eigenvalue weighted by atomic mass is 35.5. The zero-order valence-corrected chi connectivity index (χ0v) is 16.1. The molecule has 0 saturated heterocycles. The number of carbonyl (C=O) groups is 1. The Morgan fingerprint density at radius 3 is 2.68 bits per heavy atom. The number of benzene rings is 2. The number of aromatic hydroxyl groups is 1. The molecular weight excluding hydrogens is 385 g/mol. The minimum atomic E-state index is -0.771. The number of phenols is 1. The molecule has 1 aromatic heterocycles. The van der Waals surface area contributed by atoms with Gasteiger partial charge in [0.2, 0.25) is 5.89 Å². The van der Waals surface area contributed by atoms with Gasteiger partial charge in [0.25, 0.3) is 5.91 Å². The lowest BCUT2D eigenvalue weighted by atomic mass is 10.1. The van der Waals surface area contributed by atoms with Gasteiger partial charge in [0, 0.05) is 11.6 Å². The third-order valence-electron chi connectivity index (χ3n) is 3.97. The summed E-state index contributed by atoms with van der Waals surface area (Å²) in [7, 11) is 3.72. The molecule has 0 aliphatic carbocycles. The van der Waals surface area contributed by atoms with Gasteiger partial charge in [-0.25, -0.2) is 9.37 Å². The Balaban J connectivity index is 1.76. The summed E-state index contributed by atoms with van der Waals surface area (Å²) in [6.45, 7) is 0.669. The smallest absolute Gasteiger partial charge is 0.254 e. The molecular formula is C20H19ClFN3O3. The molecule has 0 spiro atoms. The van der Waals surface area contributed by atoms with Crippen molar-refractivity contribution in [1.82, 2.24) is 15.2 Å². The number of halogens is 2. The zero-order chi connectivity index (χ0) is 20.3. The molecule has 146 valence electrons. The van der Waals surface area contributed by atoms with Crippen molar-refractivity contribution in [2.75, 3.05) is 14.1 Å². The third-order valence-corrected chi connectivity index (χ3v) is 4.22. The average Bonchev–Trinajstić information content (AvgIpc) is 3.10. The standard InChI is InChI=1S/C20H19ClFN3O3/c1-25(2)11-19-23-10-18(28-19)15-7-16(22)14(8-17(15)26)20(27)24-9-12-3-5-13(21)6-4-12/h3-8,10,26H,9,11H2,1-2H3,(H,24,27). The minimum absolute atomic E-state index is 0.129. The Morgan fingerprint density at radius 2 is 2.00 bits per heavy atom. The minimum Gasteiger partial charge on any atom is -0.507 e. The monoisotopic (exact) mass is 403 g/mol. The number of carbonyl (C=O) groups excluding carboxylic acids is 1. The van der Waals surface area contributed by atoms with Crippen molar-refractivity contribution in [3.8, 4) is 17.1 Å². The number of hydrogen-bond acceptors (Lipinski definition) is 5. The molecule has 1 amide bonds. The Labute approximate surface area is 166 Å². The second kappa shape index (κ2) is 8.41. The number of amides is 1. The van der Waals surface area contributed by atoms with Crippen LogP contribution in [0.15, 0.2) is 47.0 Å². The van der Waals surface area contributed by atoms with Gasteiger partial charge in [0.1, 0.15) is 11.6 Å². The van der Waals surface area contributed by atoms with Crippen LogP contribution in [0.25, 0.3) is 11.3 Å². The Morgan fingerprint density at radius 1 is 1.29 bits per heavy atom. The lowest BCUT2D eigenvalue weighted by molar-refractivity contribution is 0.0946. The first-order valence-corrected chi connectivity index (χ1v) is 8.86. The highest BCUT2D eigenvalue weighted by Gasteiger charge is 2.19. The fraction of sp³-hybridized carbons (Fsp3) is 0.200. The van der Waals surface area contributed by atoms with Crippen LogP contribution in [0.5, 0.6) is 5.75 Å². The molecule has 8 heteroatoms. The van der Waals surface area contributed by atoms with Gasteiger partial charge in [-0.15, -0.1) is 0 Å². The first kappa shape index (κ1) is 19.9. The van der Waals surface area contributed by atoms with Crippen LogP contribution in [0.3, 0.4) is 0 Å². The van der Waals surface area contributed by atoms with E-state index in [-0.39, 0.29) is 29.2 Å². The van der Waals surface area contributed by atoms with Crippen LogP contribution >= 0.6 is 11.6 Å². The summed E-state index contributed by atoms with van der Waals surface area (Å²) >= 11 is 5.82. The van der Waals surface area contributed by atoms with E-state index in [2.05, 4.69) is 10.3 Å². The van der Waals surface area contributed by atoms with E-state index in [1.807, 2.05) is 19.0 Å². The maximum absolute atomic E-state index is 14.5. The van der Waals surface area contributed by atoms with Crippen molar-refractivity contribution in [3.05, 3.63) is 70.5 Å². The van der Waals surface area contributed by atoms with E-state index in [1.165, 1.54) is 6.20 Å². The van der Waals surface area contributed by atoms with E-state index in [0.717, 1.165) is 17.7 Å². The number of rotatable bonds is 6. The quantitative estimate of drug-likeness (QED) is 0.654. The van der Waals surface area contributed by atoms with Crippen LogP contribution in [0.4, 0.5) is 4.39 Å². The molecule has 2 N–H and O–H groups in total. The molecule has 2 aromatic carbocycles. The maximum Gasteiger partial charge on any atom is 0.254 e. The lowest BCUT2D eigenvalue weighted by Crippen LogP contribution is -2.23. The van der Waals surface area contributed by atoms with E-state index in [4.69, 9.17) is 16.0 Å². The largest absolute Gasteiger partial charge is 0.507 e. The molecule has 1 heterocycles. The molecule has 0 bridgehead atoms. The van der Waals surface area contributed by atoms with Gasteiger partial charge in [-0.2, -0.15) is 0 Å². The van der Waals surface area contributed by atoms with Crippen molar-refractivity contribution < 1.29 is 18.7 Å². The topological polar surface area (TPSA) is 78.6 Å². The second-order valence-corrected chi connectivity index (χ2v) is 6.95. The summed E-state index contributed by atoms with van der Waals surface area (Å²) < 4.78 is 20.0. The zero-order valence-electron chi connectivity index (χ0n) is 15.4. The molecule has 3 aromatic rings. The number of hydrogen-bond donors (Lipinski definition) is 2. The molecule has 3 rings (SSSR count). The van der Waals surface area contributed by atoms with Gasteiger partial charge in [-0.05, 0) is 43.9 Å². The number of nitrogens with one attached hydrogen (secondary N) is 1. The van der Waals surface area contributed by atoms with Gasteiger partial charge >= 0.3 is 0 Å². The predicted octanol–water partition coefficient (Wildman–Crippen LogP) is 3.83. The number of nitrogens with zero attached hydrogens (tertiary/aromatic N) is 2. The number of oxazole rings is 1. The molecule has 0 fully saturated rings. The maximum atomic E-state index is 14.5. The van der Waals surface area contributed by atoms with Crippen molar-refractivity contribution in [3.63, 3.8) is 0 Å². The summed E-state index contributed by atoms with van der Waals surface area (Å²) in [5, 5.41) is 13.5. The summed E-state index contributed by atoms with van der Waals surface area (Å²) in [5.74, 6) is -1.02. The van der Waals surface area contributed by atoms with Crippen molar-refractivity contribution in [1.29, 1.82) is 0 Å². The summed E-state index contributed by atoms with van der Waals surface area (Å²) in [6, 6.07) is 9.06. The SMILES string of the molecule is CN(C)Cc1ncc(-c2cc(F)c(C(=O)NCc3ccc(Cl)cc3)cc2O)o1. The van der Waals surface area contributed by atoms with E-state index in [9.17, 15) is 14.3 Å². The highest BCUT2D eigenvalue weighted by molar-refractivity contribution is 6.30. The van der Waals surface area contributed by atoms with Crippen LogP contribution in [0, 0.1) is 5.82 Å². The highest BCUT2D eigenvalue weighted by Crippen LogP contribution is 2.32. The average molecular weight is 404 g/mol. The van der Waals surface area contributed by atoms with Crippen molar-refractivity contribution in [2.45, 2.75) is 13.1 Å². The van der Waals surface area contributed by atoms with E-state index < -0.39 is 11.7 Å². The van der Waals surface area contributed by atoms with Gasteiger partial charge in [-0.3, -0.25) is 4.79 Å². The molecule has 6 nitrogen and oxygen atoms in total. The Kier molecular flexibility index (Phi) is 5.96. The van der Waals surface area contributed by atoms with Crippen LogP contribution < -0.4 is 5.32 Å².